The van der Waals surface area contributed by atoms with Gasteiger partial charge in [-0.15, -0.1) is 0 Å². The van der Waals surface area contributed by atoms with E-state index in [1.165, 1.54) is 12.1 Å². The molecule has 2 aliphatic rings. The van der Waals surface area contributed by atoms with Crippen LogP contribution in [0.25, 0.3) is 0 Å². The Balaban J connectivity index is 1.72. The number of amides is 2. The van der Waals surface area contributed by atoms with Crippen LogP contribution in [-0.2, 0) is 4.79 Å². The quantitative estimate of drug-likeness (QED) is 0.285. The van der Waals surface area contributed by atoms with E-state index >= 15 is 0 Å². The predicted octanol–water partition coefficient (Wildman–Crippen LogP) is 3.70. The topological polar surface area (TPSA) is 94.9 Å². The van der Waals surface area contributed by atoms with E-state index < -0.39 is 40.7 Å². The number of halogens is 5. The maximum Gasteiger partial charge on any atom is 0.299 e. The van der Waals surface area contributed by atoms with Gasteiger partial charge in [0.1, 0.15) is 5.69 Å². The number of hydrogen-bond acceptors (Lipinski definition) is 6. The minimum absolute atomic E-state index is 0.204. The van der Waals surface area contributed by atoms with E-state index in [0.717, 1.165) is 11.8 Å². The minimum Gasteiger partial charge on any atom is -0.320 e. The minimum atomic E-state index is -2.31. The lowest BCUT2D eigenvalue weighted by atomic mass is 10.0. The van der Waals surface area contributed by atoms with Gasteiger partial charge >= 0.3 is 0 Å². The lowest BCUT2D eigenvalue weighted by Gasteiger charge is -2.18. The number of nitrogens with zero attached hydrogens (tertiary/aromatic N) is 2. The first-order valence-electron chi connectivity index (χ1n) is 8.54. The summed E-state index contributed by atoms with van der Waals surface area (Å²) in [4.78, 5) is 23.6. The molecule has 0 radical (unpaired) electrons. The first-order valence-corrected chi connectivity index (χ1v) is 9.42. The molecule has 2 aromatic carbocycles. The molecule has 0 spiro atoms. The van der Waals surface area contributed by atoms with E-state index in [-0.39, 0.29) is 21.8 Å². The first-order chi connectivity index (χ1) is 14.7. The van der Waals surface area contributed by atoms with Crippen molar-refractivity contribution >= 4 is 45.7 Å². The second-order valence-corrected chi connectivity index (χ2v) is 7.70. The van der Waals surface area contributed by atoms with Gasteiger partial charge in [-0.05, 0) is 24.6 Å². The number of benzene rings is 2. The van der Waals surface area contributed by atoms with Crippen molar-refractivity contribution in [3.63, 3.8) is 0 Å². The Morgan fingerprint density at radius 1 is 1.03 bits per heavy atom. The average Bonchev–Trinajstić information content (AvgIpc) is 3.05. The molecule has 2 aliphatic heterocycles. The Morgan fingerprint density at radius 2 is 1.68 bits per heavy atom. The molecule has 0 bridgehead atoms. The number of hydrogen-bond donors (Lipinski definition) is 3. The number of carbonyl (C=O) groups excluding carboxylic acids is 2. The molecule has 0 aromatic heterocycles. The molecule has 3 N–H and O–H groups in total. The second kappa shape index (κ2) is 7.65. The number of carbonyl (C=O) groups is 2. The van der Waals surface area contributed by atoms with Gasteiger partial charge in [0.25, 0.3) is 11.1 Å². The van der Waals surface area contributed by atoms with Crippen LogP contribution in [0.3, 0.4) is 0 Å². The van der Waals surface area contributed by atoms with Crippen LogP contribution in [0.2, 0.25) is 0 Å². The summed E-state index contributed by atoms with van der Waals surface area (Å²) in [6.07, 6.45) is 0. The average molecular weight is 455 g/mol. The van der Waals surface area contributed by atoms with Gasteiger partial charge in [-0.2, -0.15) is 10.2 Å². The highest BCUT2D eigenvalue weighted by Crippen LogP contribution is 2.30. The second-order valence-electron chi connectivity index (χ2n) is 6.39. The van der Waals surface area contributed by atoms with Gasteiger partial charge in [0.2, 0.25) is 5.82 Å². The van der Waals surface area contributed by atoms with E-state index in [4.69, 9.17) is 0 Å². The van der Waals surface area contributed by atoms with Crippen LogP contribution in [0, 0.1) is 29.1 Å². The fraction of sp³-hybridized carbons (Fsp3) is 0.111. The number of hydrazone groups is 2. The van der Waals surface area contributed by atoms with Crippen LogP contribution >= 0.6 is 11.8 Å². The van der Waals surface area contributed by atoms with Gasteiger partial charge in [0.15, 0.2) is 29.0 Å². The molecule has 160 valence electrons. The first kappa shape index (κ1) is 20.8. The summed E-state index contributed by atoms with van der Waals surface area (Å²) in [7, 11) is 0. The van der Waals surface area contributed by atoms with Crippen molar-refractivity contribution in [1.29, 1.82) is 0 Å². The number of nitrogens with one attached hydrogen (secondary N) is 3. The van der Waals surface area contributed by atoms with Crippen molar-refractivity contribution in [2.75, 3.05) is 10.7 Å². The lowest BCUT2D eigenvalue weighted by Crippen LogP contribution is -2.29. The smallest absolute Gasteiger partial charge is 0.299 e. The molecular weight excluding hydrogens is 445 g/mol. The number of thioether (sulfide) groups is 1. The molecule has 4 rings (SSSR count). The maximum absolute atomic E-state index is 13.8. The number of rotatable bonds is 3. The highest BCUT2D eigenvalue weighted by atomic mass is 32.2. The zero-order valence-electron chi connectivity index (χ0n) is 15.3. The number of fused-ring (bicyclic) bond motifs is 1. The van der Waals surface area contributed by atoms with Crippen molar-refractivity contribution in [3.05, 3.63) is 58.4 Å². The SMILES string of the molecule is CC1SC(=O)NN=C1c1ccc2c(c1)/C(=N/Nc1c(F)c(F)c(F)c(F)c1F)C(=O)N2. The summed E-state index contributed by atoms with van der Waals surface area (Å²) in [5, 5.41) is 9.40. The maximum atomic E-state index is 13.8. The van der Waals surface area contributed by atoms with Crippen LogP contribution in [0.1, 0.15) is 18.1 Å². The summed E-state index contributed by atoms with van der Waals surface area (Å²) < 4.78 is 67.6. The fourth-order valence-electron chi connectivity index (χ4n) is 2.98. The van der Waals surface area contributed by atoms with Crippen molar-refractivity contribution in [2.45, 2.75) is 12.2 Å². The summed E-state index contributed by atoms with van der Waals surface area (Å²) in [6.45, 7) is 1.75. The highest BCUT2D eigenvalue weighted by Gasteiger charge is 2.30. The fourth-order valence-corrected chi connectivity index (χ4v) is 3.70. The summed E-state index contributed by atoms with van der Waals surface area (Å²) in [5.74, 6) is -11.6. The van der Waals surface area contributed by atoms with E-state index in [2.05, 4.69) is 20.9 Å². The molecule has 0 aliphatic carbocycles. The van der Waals surface area contributed by atoms with E-state index in [1.807, 2.05) is 0 Å². The predicted molar refractivity (Wildman–Crippen MR) is 104 cm³/mol. The molecule has 2 heterocycles. The molecule has 7 nitrogen and oxygen atoms in total. The summed E-state index contributed by atoms with van der Waals surface area (Å²) >= 11 is 1.00. The van der Waals surface area contributed by atoms with Crippen molar-refractivity contribution in [1.82, 2.24) is 5.43 Å². The molecular formula is C18H10F5N5O2S. The zero-order valence-corrected chi connectivity index (χ0v) is 16.1. The van der Waals surface area contributed by atoms with Gasteiger partial charge in [-0.1, -0.05) is 17.8 Å². The normalized spacial score (nSPS) is 19.1. The Bertz CT molecular complexity index is 1190. The number of anilines is 2. The Hall–Kier alpha value is -3.48. The monoisotopic (exact) mass is 455 g/mol. The van der Waals surface area contributed by atoms with Crippen LogP contribution in [0.5, 0.6) is 0 Å². The zero-order chi connectivity index (χ0) is 22.4. The van der Waals surface area contributed by atoms with Gasteiger partial charge in [0.05, 0.1) is 16.6 Å². The third-order valence-corrected chi connectivity index (χ3v) is 5.34. The molecule has 2 amide bonds. The van der Waals surface area contributed by atoms with Crippen molar-refractivity contribution in [2.24, 2.45) is 10.2 Å². The Morgan fingerprint density at radius 3 is 2.32 bits per heavy atom. The van der Waals surface area contributed by atoms with Crippen LogP contribution in [-0.4, -0.2) is 27.8 Å². The molecule has 31 heavy (non-hydrogen) atoms. The van der Waals surface area contributed by atoms with Gasteiger partial charge < -0.3 is 5.32 Å². The van der Waals surface area contributed by atoms with Gasteiger partial charge in [0, 0.05) is 5.56 Å². The molecule has 1 unspecified atom stereocenters. The molecule has 0 saturated carbocycles. The largest absolute Gasteiger partial charge is 0.320 e. The Kier molecular flexibility index (Phi) is 5.13. The van der Waals surface area contributed by atoms with E-state index in [0.29, 0.717) is 17.0 Å². The standard InChI is InChI=1S/C18H10F5N5O2S/c1-5-14(25-28-18(30)31-5)6-2-3-8-7(4-6)15(17(29)24-8)26-27-16-12(22)10(20)9(19)11(21)13(16)23/h2-5,27H,1H3,(H,28,30)(H,24,26,29). The van der Waals surface area contributed by atoms with Gasteiger partial charge in [-0.3, -0.25) is 15.0 Å². The lowest BCUT2D eigenvalue weighted by molar-refractivity contribution is -0.110. The summed E-state index contributed by atoms with van der Waals surface area (Å²) in [5.41, 5.74) is 3.88. The Labute approximate surface area is 174 Å². The third-order valence-electron chi connectivity index (χ3n) is 4.46. The van der Waals surface area contributed by atoms with Crippen LogP contribution in [0.15, 0.2) is 28.4 Å². The van der Waals surface area contributed by atoms with Gasteiger partial charge in [-0.25, -0.2) is 27.4 Å². The van der Waals surface area contributed by atoms with Crippen molar-refractivity contribution < 1.29 is 31.5 Å². The molecule has 1 atom stereocenters. The molecule has 0 saturated heterocycles. The summed E-state index contributed by atoms with van der Waals surface area (Å²) in [6, 6.07) is 4.66. The van der Waals surface area contributed by atoms with Crippen LogP contribution < -0.4 is 16.2 Å². The van der Waals surface area contributed by atoms with Crippen molar-refractivity contribution in [3.8, 4) is 0 Å². The highest BCUT2D eigenvalue weighted by molar-refractivity contribution is 8.14. The van der Waals surface area contributed by atoms with E-state index in [9.17, 15) is 31.5 Å². The van der Waals surface area contributed by atoms with Crippen LogP contribution in [0.4, 0.5) is 38.1 Å². The molecule has 13 heteroatoms. The molecule has 0 fully saturated rings. The molecule has 2 aromatic rings. The van der Waals surface area contributed by atoms with E-state index in [1.54, 1.807) is 18.4 Å². The third kappa shape index (κ3) is 3.50.